The van der Waals surface area contributed by atoms with Crippen molar-refractivity contribution >= 4 is 28.8 Å². The smallest absolute Gasteiger partial charge is 0.278 e. The van der Waals surface area contributed by atoms with E-state index in [1.165, 1.54) is 12.3 Å². The number of imidazole rings is 1. The fourth-order valence-corrected chi connectivity index (χ4v) is 2.06. The standard InChI is InChI=1S/C15H11N5O3/c21-15(10-5-6-12-13(7-10)17-9-16-12)19-18-8-11-3-1-2-4-14(11)20(22)23/h1-9H,(H,16,17)(H,19,21). The number of para-hydroxylation sites is 1. The summed E-state index contributed by atoms with van der Waals surface area (Å²) in [6.45, 7) is 0. The number of nitro groups is 1. The van der Waals surface area contributed by atoms with Crippen molar-refractivity contribution in [2.45, 2.75) is 0 Å². The average molecular weight is 309 g/mol. The molecule has 0 atom stereocenters. The van der Waals surface area contributed by atoms with Crippen LogP contribution in [0.25, 0.3) is 11.0 Å². The summed E-state index contributed by atoms with van der Waals surface area (Å²) in [4.78, 5) is 29.4. The molecular formula is C15H11N5O3. The van der Waals surface area contributed by atoms with E-state index < -0.39 is 10.8 Å². The van der Waals surface area contributed by atoms with Gasteiger partial charge < -0.3 is 4.98 Å². The van der Waals surface area contributed by atoms with Crippen LogP contribution in [0.4, 0.5) is 5.69 Å². The lowest BCUT2D eigenvalue weighted by molar-refractivity contribution is -0.385. The van der Waals surface area contributed by atoms with E-state index in [2.05, 4.69) is 20.5 Å². The predicted octanol–water partition coefficient (Wildman–Crippen LogP) is 2.24. The molecule has 23 heavy (non-hydrogen) atoms. The number of hydrogen-bond donors (Lipinski definition) is 2. The summed E-state index contributed by atoms with van der Waals surface area (Å²) >= 11 is 0. The third-order valence-electron chi connectivity index (χ3n) is 3.19. The second-order valence-electron chi connectivity index (χ2n) is 4.65. The lowest BCUT2D eigenvalue weighted by atomic mass is 10.2. The van der Waals surface area contributed by atoms with E-state index in [1.54, 1.807) is 42.7 Å². The molecule has 8 heteroatoms. The topological polar surface area (TPSA) is 113 Å². The van der Waals surface area contributed by atoms with Gasteiger partial charge in [0.25, 0.3) is 11.6 Å². The van der Waals surface area contributed by atoms with Gasteiger partial charge in [-0.15, -0.1) is 0 Å². The number of amides is 1. The van der Waals surface area contributed by atoms with Crippen LogP contribution in [0, 0.1) is 10.1 Å². The van der Waals surface area contributed by atoms with Gasteiger partial charge in [0.15, 0.2) is 0 Å². The average Bonchev–Trinajstić information content (AvgIpc) is 3.02. The Kier molecular flexibility index (Phi) is 3.79. The first-order valence-corrected chi connectivity index (χ1v) is 6.65. The number of benzene rings is 2. The Labute approximate surface area is 130 Å². The molecule has 0 unspecified atom stereocenters. The molecule has 0 bridgehead atoms. The summed E-state index contributed by atoms with van der Waals surface area (Å²) < 4.78 is 0. The second kappa shape index (κ2) is 6.06. The van der Waals surface area contributed by atoms with Crippen LogP contribution >= 0.6 is 0 Å². The molecule has 0 fully saturated rings. The maximum atomic E-state index is 12.0. The number of nitrogens with zero attached hydrogens (tertiary/aromatic N) is 3. The van der Waals surface area contributed by atoms with Gasteiger partial charge in [0.1, 0.15) is 0 Å². The van der Waals surface area contributed by atoms with Gasteiger partial charge in [-0.1, -0.05) is 12.1 Å². The van der Waals surface area contributed by atoms with Gasteiger partial charge >= 0.3 is 0 Å². The Morgan fingerprint density at radius 3 is 2.96 bits per heavy atom. The van der Waals surface area contributed by atoms with Gasteiger partial charge in [-0.25, -0.2) is 10.4 Å². The summed E-state index contributed by atoms with van der Waals surface area (Å²) in [6, 6.07) is 11.1. The van der Waals surface area contributed by atoms with Crippen LogP contribution in [0.1, 0.15) is 15.9 Å². The molecular weight excluding hydrogens is 298 g/mol. The van der Waals surface area contributed by atoms with Gasteiger partial charge in [-0.3, -0.25) is 14.9 Å². The lowest BCUT2D eigenvalue weighted by Crippen LogP contribution is -2.17. The SMILES string of the molecule is O=C(NN=Cc1ccccc1[N+](=O)[O-])c1ccc2nc[nH]c2c1. The van der Waals surface area contributed by atoms with Gasteiger partial charge in [0.05, 0.1) is 34.1 Å². The van der Waals surface area contributed by atoms with E-state index in [9.17, 15) is 14.9 Å². The number of carbonyl (C=O) groups excluding carboxylic acids is 1. The number of nitrogens with one attached hydrogen (secondary N) is 2. The molecule has 1 aromatic heterocycles. The van der Waals surface area contributed by atoms with Crippen molar-refractivity contribution in [3.05, 3.63) is 70.0 Å². The molecule has 0 aliphatic rings. The van der Waals surface area contributed by atoms with E-state index in [4.69, 9.17) is 0 Å². The van der Waals surface area contributed by atoms with E-state index >= 15 is 0 Å². The second-order valence-corrected chi connectivity index (χ2v) is 4.65. The Balaban J connectivity index is 1.75. The summed E-state index contributed by atoms with van der Waals surface area (Å²) in [5.41, 5.74) is 4.47. The maximum Gasteiger partial charge on any atom is 0.278 e. The van der Waals surface area contributed by atoms with Crippen LogP contribution in [0.3, 0.4) is 0 Å². The number of aromatic nitrogens is 2. The van der Waals surface area contributed by atoms with Crippen molar-refractivity contribution in [3.63, 3.8) is 0 Å². The van der Waals surface area contributed by atoms with Crippen LogP contribution in [0.15, 0.2) is 53.9 Å². The molecule has 2 aromatic carbocycles. The Morgan fingerprint density at radius 1 is 1.30 bits per heavy atom. The number of H-pyrrole nitrogens is 1. The highest BCUT2D eigenvalue weighted by molar-refractivity contribution is 5.98. The molecule has 0 saturated carbocycles. The van der Waals surface area contributed by atoms with Gasteiger partial charge in [0.2, 0.25) is 0 Å². The molecule has 114 valence electrons. The molecule has 0 aliphatic carbocycles. The first-order chi connectivity index (χ1) is 11.1. The molecule has 2 N–H and O–H groups in total. The minimum atomic E-state index is -0.505. The van der Waals surface area contributed by atoms with Crippen molar-refractivity contribution in [2.24, 2.45) is 5.10 Å². The fourth-order valence-electron chi connectivity index (χ4n) is 2.06. The quantitative estimate of drug-likeness (QED) is 0.437. The molecule has 0 aliphatic heterocycles. The number of hydrogen-bond acceptors (Lipinski definition) is 5. The third kappa shape index (κ3) is 3.05. The minimum Gasteiger partial charge on any atom is -0.345 e. The largest absolute Gasteiger partial charge is 0.345 e. The zero-order valence-electron chi connectivity index (χ0n) is 11.8. The monoisotopic (exact) mass is 309 g/mol. The van der Waals surface area contributed by atoms with Crippen molar-refractivity contribution in [1.82, 2.24) is 15.4 Å². The minimum absolute atomic E-state index is 0.0793. The lowest BCUT2D eigenvalue weighted by Gasteiger charge is -2.00. The van der Waals surface area contributed by atoms with Crippen LogP contribution in [0.5, 0.6) is 0 Å². The van der Waals surface area contributed by atoms with E-state index in [0.29, 0.717) is 11.1 Å². The van der Waals surface area contributed by atoms with Crippen molar-refractivity contribution in [2.75, 3.05) is 0 Å². The molecule has 3 aromatic rings. The van der Waals surface area contributed by atoms with E-state index in [0.717, 1.165) is 11.0 Å². The summed E-state index contributed by atoms with van der Waals surface area (Å²) in [5, 5.41) is 14.7. The summed E-state index contributed by atoms with van der Waals surface area (Å²) in [5.74, 6) is -0.420. The molecule has 0 radical (unpaired) electrons. The van der Waals surface area contributed by atoms with Crippen LogP contribution in [-0.4, -0.2) is 27.0 Å². The maximum absolute atomic E-state index is 12.0. The van der Waals surface area contributed by atoms with Gasteiger partial charge in [-0.05, 0) is 24.3 Å². The van der Waals surface area contributed by atoms with E-state index in [-0.39, 0.29) is 5.69 Å². The molecule has 0 saturated heterocycles. The predicted molar refractivity (Wildman–Crippen MR) is 84.3 cm³/mol. The number of carbonyl (C=O) groups is 1. The fraction of sp³-hybridized carbons (Fsp3) is 0. The highest BCUT2D eigenvalue weighted by atomic mass is 16.6. The number of hydrazone groups is 1. The van der Waals surface area contributed by atoms with Gasteiger partial charge in [0, 0.05) is 11.6 Å². The van der Waals surface area contributed by atoms with Crippen LogP contribution < -0.4 is 5.43 Å². The third-order valence-corrected chi connectivity index (χ3v) is 3.19. The Morgan fingerprint density at radius 2 is 2.13 bits per heavy atom. The Hall–Kier alpha value is -3.55. The molecule has 0 spiro atoms. The highest BCUT2D eigenvalue weighted by Crippen LogP contribution is 2.15. The van der Waals surface area contributed by atoms with Crippen LogP contribution in [-0.2, 0) is 0 Å². The normalized spacial score (nSPS) is 11.0. The number of rotatable bonds is 4. The van der Waals surface area contributed by atoms with Crippen molar-refractivity contribution in [3.8, 4) is 0 Å². The Bertz CT molecular complexity index is 916. The number of aromatic amines is 1. The van der Waals surface area contributed by atoms with E-state index in [1.807, 2.05) is 0 Å². The molecule has 3 rings (SSSR count). The summed E-state index contributed by atoms with van der Waals surface area (Å²) in [6.07, 6.45) is 2.78. The van der Waals surface area contributed by atoms with Crippen molar-refractivity contribution < 1.29 is 9.72 Å². The first-order valence-electron chi connectivity index (χ1n) is 6.65. The first kappa shape index (κ1) is 14.4. The zero-order chi connectivity index (χ0) is 16.2. The summed E-state index contributed by atoms with van der Waals surface area (Å²) in [7, 11) is 0. The van der Waals surface area contributed by atoms with Crippen LogP contribution in [0.2, 0.25) is 0 Å². The van der Waals surface area contributed by atoms with Crippen molar-refractivity contribution in [1.29, 1.82) is 0 Å². The molecule has 1 amide bonds. The molecule has 8 nitrogen and oxygen atoms in total. The number of fused-ring (bicyclic) bond motifs is 1. The molecule has 1 heterocycles. The zero-order valence-corrected chi connectivity index (χ0v) is 11.8. The number of nitro benzene ring substituents is 1. The highest BCUT2D eigenvalue weighted by Gasteiger charge is 2.10. The van der Waals surface area contributed by atoms with Gasteiger partial charge in [-0.2, -0.15) is 5.10 Å².